The fraction of sp³-hybridized carbons (Fsp3) is 0.533. The highest BCUT2D eigenvalue weighted by atomic mass is 79.9. The Morgan fingerprint density at radius 3 is 2.50 bits per heavy atom. The quantitative estimate of drug-likeness (QED) is 0.785. The number of nitrogens with zero attached hydrogens (tertiary/aromatic N) is 1. The molecule has 1 atom stereocenters. The number of likely N-dealkylation sites (tertiary alicyclic amines) is 1. The van der Waals surface area contributed by atoms with E-state index in [-0.39, 0.29) is 10.7 Å². The van der Waals surface area contributed by atoms with Gasteiger partial charge in [0.25, 0.3) is 0 Å². The largest absolute Gasteiger partial charge is 0.342 e. The third-order valence-electron chi connectivity index (χ3n) is 3.63. The molecule has 2 rings (SSSR count). The van der Waals surface area contributed by atoms with E-state index in [9.17, 15) is 4.79 Å². The normalized spacial score (nSPS) is 18.7. The van der Waals surface area contributed by atoms with Gasteiger partial charge in [-0.05, 0) is 37.7 Å². The maximum absolute atomic E-state index is 11.8. The lowest BCUT2D eigenvalue weighted by Crippen LogP contribution is -2.41. The van der Waals surface area contributed by atoms with Crippen molar-refractivity contribution < 1.29 is 4.79 Å². The predicted molar refractivity (Wildman–Crippen MR) is 77.8 cm³/mol. The summed E-state index contributed by atoms with van der Waals surface area (Å²) in [5.41, 5.74) is 1.41. The van der Waals surface area contributed by atoms with Gasteiger partial charge >= 0.3 is 0 Å². The van der Waals surface area contributed by atoms with Gasteiger partial charge in [-0.25, -0.2) is 0 Å². The SMILES string of the molecule is CC(Br)C(=O)N1CCC(Cc2ccccc2)CC1. The maximum Gasteiger partial charge on any atom is 0.236 e. The average molecular weight is 310 g/mol. The monoisotopic (exact) mass is 309 g/mol. The molecule has 1 aliphatic heterocycles. The van der Waals surface area contributed by atoms with Crippen molar-refractivity contribution >= 4 is 21.8 Å². The number of carbonyl (C=O) groups is 1. The summed E-state index contributed by atoms with van der Waals surface area (Å²) in [5, 5.41) is 0. The number of benzene rings is 1. The van der Waals surface area contributed by atoms with Crippen LogP contribution in [0.15, 0.2) is 30.3 Å². The van der Waals surface area contributed by atoms with Gasteiger partial charge in [0.15, 0.2) is 0 Å². The van der Waals surface area contributed by atoms with Gasteiger partial charge in [0.2, 0.25) is 5.91 Å². The summed E-state index contributed by atoms with van der Waals surface area (Å²) >= 11 is 3.35. The molecule has 0 saturated carbocycles. The predicted octanol–water partition coefficient (Wildman–Crippen LogP) is 3.25. The van der Waals surface area contributed by atoms with Crippen molar-refractivity contribution in [3.63, 3.8) is 0 Å². The van der Waals surface area contributed by atoms with Crippen molar-refractivity contribution in [1.82, 2.24) is 4.90 Å². The van der Waals surface area contributed by atoms with Crippen molar-refractivity contribution in [2.75, 3.05) is 13.1 Å². The number of piperidine rings is 1. The smallest absolute Gasteiger partial charge is 0.236 e. The highest BCUT2D eigenvalue weighted by Crippen LogP contribution is 2.22. The standard InChI is InChI=1S/C15H20BrNO/c1-12(16)15(18)17-9-7-14(8-10-17)11-13-5-3-2-4-6-13/h2-6,12,14H,7-11H2,1H3. The van der Waals surface area contributed by atoms with Gasteiger partial charge in [0.1, 0.15) is 0 Å². The van der Waals surface area contributed by atoms with Crippen LogP contribution in [0.25, 0.3) is 0 Å². The molecule has 18 heavy (non-hydrogen) atoms. The van der Waals surface area contributed by atoms with E-state index in [0.717, 1.165) is 38.3 Å². The Labute approximate surface area is 117 Å². The van der Waals surface area contributed by atoms with Crippen molar-refractivity contribution in [3.05, 3.63) is 35.9 Å². The highest BCUT2D eigenvalue weighted by Gasteiger charge is 2.24. The molecular weight excluding hydrogens is 290 g/mol. The summed E-state index contributed by atoms with van der Waals surface area (Å²) in [6.45, 7) is 3.72. The molecule has 98 valence electrons. The summed E-state index contributed by atoms with van der Waals surface area (Å²) in [7, 11) is 0. The Hall–Kier alpha value is -0.830. The van der Waals surface area contributed by atoms with Crippen LogP contribution in [0, 0.1) is 5.92 Å². The lowest BCUT2D eigenvalue weighted by Gasteiger charge is -2.32. The van der Waals surface area contributed by atoms with Crippen LogP contribution >= 0.6 is 15.9 Å². The van der Waals surface area contributed by atoms with Crippen molar-refractivity contribution in [3.8, 4) is 0 Å². The molecule has 1 heterocycles. The zero-order valence-corrected chi connectivity index (χ0v) is 12.4. The minimum absolute atomic E-state index is 0.0526. The molecule has 2 nitrogen and oxygen atoms in total. The first-order valence-electron chi connectivity index (χ1n) is 6.63. The zero-order valence-electron chi connectivity index (χ0n) is 10.8. The molecule has 1 amide bonds. The lowest BCUT2D eigenvalue weighted by molar-refractivity contribution is -0.131. The number of carbonyl (C=O) groups excluding carboxylic acids is 1. The van der Waals surface area contributed by atoms with Crippen LogP contribution in [0.3, 0.4) is 0 Å². The molecule has 1 aromatic carbocycles. The second-order valence-electron chi connectivity index (χ2n) is 5.07. The van der Waals surface area contributed by atoms with E-state index in [1.54, 1.807) is 0 Å². The number of amides is 1. The average Bonchev–Trinajstić information content (AvgIpc) is 2.40. The van der Waals surface area contributed by atoms with Crippen LogP contribution in [0.4, 0.5) is 0 Å². The summed E-state index contributed by atoms with van der Waals surface area (Å²) in [6.07, 6.45) is 3.40. The van der Waals surface area contributed by atoms with E-state index in [1.165, 1.54) is 5.56 Å². The molecular formula is C15H20BrNO. The van der Waals surface area contributed by atoms with Crippen LogP contribution < -0.4 is 0 Å². The van der Waals surface area contributed by atoms with Crippen LogP contribution in [-0.4, -0.2) is 28.7 Å². The van der Waals surface area contributed by atoms with E-state index in [1.807, 2.05) is 11.8 Å². The van der Waals surface area contributed by atoms with Gasteiger partial charge in [0, 0.05) is 13.1 Å². The van der Waals surface area contributed by atoms with Crippen molar-refractivity contribution in [1.29, 1.82) is 0 Å². The number of rotatable bonds is 3. The van der Waals surface area contributed by atoms with Crippen LogP contribution in [0.2, 0.25) is 0 Å². The zero-order chi connectivity index (χ0) is 13.0. The number of hydrogen-bond donors (Lipinski definition) is 0. The number of halogens is 1. The number of hydrogen-bond acceptors (Lipinski definition) is 1. The Balaban J connectivity index is 1.82. The fourth-order valence-corrected chi connectivity index (χ4v) is 2.85. The molecule has 0 spiro atoms. The molecule has 0 radical (unpaired) electrons. The van der Waals surface area contributed by atoms with Crippen molar-refractivity contribution in [2.24, 2.45) is 5.92 Å². The van der Waals surface area contributed by atoms with Gasteiger partial charge in [0.05, 0.1) is 4.83 Å². The highest BCUT2D eigenvalue weighted by molar-refractivity contribution is 9.10. The van der Waals surface area contributed by atoms with Gasteiger partial charge < -0.3 is 4.90 Å². The fourth-order valence-electron chi connectivity index (χ4n) is 2.56. The van der Waals surface area contributed by atoms with Crippen molar-refractivity contribution in [2.45, 2.75) is 31.0 Å². The third kappa shape index (κ3) is 3.58. The second-order valence-corrected chi connectivity index (χ2v) is 6.45. The minimum Gasteiger partial charge on any atom is -0.342 e. The Bertz CT molecular complexity index is 383. The molecule has 0 aliphatic carbocycles. The molecule has 0 bridgehead atoms. The molecule has 1 aliphatic rings. The van der Waals surface area contributed by atoms with E-state index >= 15 is 0 Å². The first-order valence-corrected chi connectivity index (χ1v) is 7.55. The summed E-state index contributed by atoms with van der Waals surface area (Å²) in [4.78, 5) is 13.8. The van der Waals surface area contributed by atoms with E-state index < -0.39 is 0 Å². The van der Waals surface area contributed by atoms with Gasteiger partial charge in [-0.2, -0.15) is 0 Å². The minimum atomic E-state index is -0.0526. The van der Waals surface area contributed by atoms with Crippen LogP contribution in [0.5, 0.6) is 0 Å². The van der Waals surface area contributed by atoms with E-state index in [2.05, 4.69) is 46.3 Å². The topological polar surface area (TPSA) is 20.3 Å². The van der Waals surface area contributed by atoms with Gasteiger partial charge in [-0.15, -0.1) is 0 Å². The van der Waals surface area contributed by atoms with E-state index in [4.69, 9.17) is 0 Å². The molecule has 1 unspecified atom stereocenters. The Morgan fingerprint density at radius 2 is 1.94 bits per heavy atom. The third-order valence-corrected chi connectivity index (χ3v) is 4.03. The Kier molecular flexibility index (Phi) is 4.81. The molecule has 1 fully saturated rings. The molecule has 1 aromatic rings. The van der Waals surface area contributed by atoms with Gasteiger partial charge in [-0.1, -0.05) is 46.3 Å². The summed E-state index contributed by atoms with van der Waals surface area (Å²) < 4.78 is 0. The molecule has 0 aromatic heterocycles. The lowest BCUT2D eigenvalue weighted by atomic mass is 9.90. The summed E-state index contributed by atoms with van der Waals surface area (Å²) in [5.74, 6) is 0.954. The Morgan fingerprint density at radius 1 is 1.33 bits per heavy atom. The van der Waals surface area contributed by atoms with Crippen LogP contribution in [0.1, 0.15) is 25.3 Å². The van der Waals surface area contributed by atoms with Gasteiger partial charge in [-0.3, -0.25) is 4.79 Å². The van der Waals surface area contributed by atoms with E-state index in [0.29, 0.717) is 0 Å². The van der Waals surface area contributed by atoms with Crippen LogP contribution in [-0.2, 0) is 11.2 Å². The molecule has 0 N–H and O–H groups in total. The maximum atomic E-state index is 11.8. The first kappa shape index (κ1) is 13.6. The summed E-state index contributed by atoms with van der Waals surface area (Å²) in [6, 6.07) is 10.6. The second kappa shape index (κ2) is 6.37. The molecule has 3 heteroatoms. The molecule has 1 saturated heterocycles. The first-order chi connectivity index (χ1) is 8.66. The number of alkyl halides is 1.